The zero-order valence-electron chi connectivity index (χ0n) is 7.11. The number of ketones is 1. The topological polar surface area (TPSA) is 42.9 Å². The van der Waals surface area contributed by atoms with Gasteiger partial charge in [0.1, 0.15) is 5.01 Å². The van der Waals surface area contributed by atoms with Crippen LogP contribution in [-0.4, -0.2) is 16.0 Å². The Morgan fingerprint density at radius 2 is 2.31 bits per heavy atom. The van der Waals surface area contributed by atoms with Crippen LogP contribution in [0.15, 0.2) is 15.3 Å². The molecular formula is C8H8N2OS2. The normalized spacial score (nSPS) is 16.4. The summed E-state index contributed by atoms with van der Waals surface area (Å²) < 4.78 is 0.929. The van der Waals surface area contributed by atoms with E-state index >= 15 is 0 Å². The minimum atomic E-state index is 0.226. The van der Waals surface area contributed by atoms with E-state index in [0.717, 1.165) is 20.7 Å². The van der Waals surface area contributed by atoms with Crippen molar-refractivity contribution in [3.63, 3.8) is 0 Å². The van der Waals surface area contributed by atoms with E-state index < -0.39 is 0 Å². The predicted molar refractivity (Wildman–Crippen MR) is 52.8 cm³/mol. The lowest BCUT2D eigenvalue weighted by molar-refractivity contribution is -0.114. The number of allylic oxidation sites excluding steroid dienone is 2. The molecule has 5 heteroatoms. The molecule has 0 N–H and O–H groups in total. The van der Waals surface area contributed by atoms with Crippen LogP contribution in [0, 0.1) is 6.92 Å². The lowest BCUT2D eigenvalue weighted by atomic mass is 10.3. The van der Waals surface area contributed by atoms with E-state index in [1.807, 2.05) is 6.92 Å². The van der Waals surface area contributed by atoms with Gasteiger partial charge in [-0.05, 0) is 24.3 Å². The molecule has 0 radical (unpaired) electrons. The molecule has 0 bridgehead atoms. The van der Waals surface area contributed by atoms with E-state index in [9.17, 15) is 4.79 Å². The van der Waals surface area contributed by atoms with Gasteiger partial charge in [-0.1, -0.05) is 23.1 Å². The number of carbonyl (C=O) groups is 1. The number of carbonyl (C=O) groups excluding carboxylic acids is 1. The van der Waals surface area contributed by atoms with Gasteiger partial charge in [0.15, 0.2) is 10.1 Å². The van der Waals surface area contributed by atoms with Crippen LogP contribution in [0.2, 0.25) is 0 Å². The third-order valence-electron chi connectivity index (χ3n) is 1.67. The summed E-state index contributed by atoms with van der Waals surface area (Å²) in [6, 6.07) is 0. The fourth-order valence-electron chi connectivity index (χ4n) is 1.08. The largest absolute Gasteiger partial charge is 0.295 e. The highest BCUT2D eigenvalue weighted by Gasteiger charge is 2.14. The lowest BCUT2D eigenvalue weighted by Crippen LogP contribution is -1.80. The Bertz CT molecular complexity index is 370. The second-order valence-corrected chi connectivity index (χ2v) is 5.32. The van der Waals surface area contributed by atoms with E-state index in [4.69, 9.17) is 0 Å². The number of hydrogen-bond acceptors (Lipinski definition) is 5. The molecule has 0 atom stereocenters. The van der Waals surface area contributed by atoms with Gasteiger partial charge in [0.25, 0.3) is 0 Å². The molecule has 0 saturated carbocycles. The first-order valence-electron chi connectivity index (χ1n) is 3.95. The first-order chi connectivity index (χ1) is 6.24. The molecule has 0 aromatic carbocycles. The Morgan fingerprint density at radius 3 is 2.85 bits per heavy atom. The van der Waals surface area contributed by atoms with E-state index in [1.54, 1.807) is 29.2 Å². The van der Waals surface area contributed by atoms with Gasteiger partial charge in [0.05, 0.1) is 0 Å². The van der Waals surface area contributed by atoms with Crippen molar-refractivity contribution in [3.8, 4) is 0 Å². The van der Waals surface area contributed by atoms with E-state index in [1.165, 1.54) is 0 Å². The lowest BCUT2D eigenvalue weighted by Gasteiger charge is -1.92. The third kappa shape index (κ3) is 2.16. The maximum Gasteiger partial charge on any atom is 0.178 e. The van der Waals surface area contributed by atoms with Crippen LogP contribution in [-0.2, 0) is 4.79 Å². The van der Waals surface area contributed by atoms with Crippen molar-refractivity contribution in [1.29, 1.82) is 0 Å². The van der Waals surface area contributed by atoms with Gasteiger partial charge in [-0.3, -0.25) is 4.79 Å². The first kappa shape index (κ1) is 8.90. The molecule has 2 rings (SSSR count). The van der Waals surface area contributed by atoms with Crippen molar-refractivity contribution in [1.82, 2.24) is 10.2 Å². The smallest absolute Gasteiger partial charge is 0.178 e. The van der Waals surface area contributed by atoms with Gasteiger partial charge < -0.3 is 0 Å². The van der Waals surface area contributed by atoms with Crippen LogP contribution in [0.4, 0.5) is 0 Å². The highest BCUT2D eigenvalue weighted by molar-refractivity contribution is 8.04. The molecule has 0 spiro atoms. The number of thioether (sulfide) groups is 1. The average Bonchev–Trinajstić information content (AvgIpc) is 2.62. The number of hydrogen-bond donors (Lipinski definition) is 0. The minimum Gasteiger partial charge on any atom is -0.295 e. The van der Waals surface area contributed by atoms with Crippen molar-refractivity contribution in [2.75, 3.05) is 0 Å². The van der Waals surface area contributed by atoms with Crippen LogP contribution < -0.4 is 0 Å². The Kier molecular flexibility index (Phi) is 2.46. The Hall–Kier alpha value is -0.680. The summed E-state index contributed by atoms with van der Waals surface area (Å²) >= 11 is 3.13. The number of aromatic nitrogens is 2. The molecule has 13 heavy (non-hydrogen) atoms. The van der Waals surface area contributed by atoms with Gasteiger partial charge >= 0.3 is 0 Å². The third-order valence-corrected chi connectivity index (χ3v) is 3.64. The van der Waals surface area contributed by atoms with E-state index in [-0.39, 0.29) is 5.78 Å². The highest BCUT2D eigenvalue weighted by Crippen LogP contribution is 2.34. The molecule has 0 unspecified atom stereocenters. The zero-order valence-corrected chi connectivity index (χ0v) is 8.74. The standard InChI is InChI=1S/C8H8N2OS2/c1-5-9-10-8(12-5)13-7-3-2-6(11)4-7/h4H,2-3H2,1H3. The molecule has 0 amide bonds. The van der Waals surface area contributed by atoms with Crippen LogP contribution >= 0.6 is 23.1 Å². The molecule has 0 saturated heterocycles. The molecule has 3 nitrogen and oxygen atoms in total. The van der Waals surface area contributed by atoms with Crippen molar-refractivity contribution < 1.29 is 4.79 Å². The molecule has 68 valence electrons. The maximum atomic E-state index is 10.9. The molecule has 0 aliphatic heterocycles. The van der Waals surface area contributed by atoms with Gasteiger partial charge in [-0.25, -0.2) is 0 Å². The first-order valence-corrected chi connectivity index (χ1v) is 5.59. The molecule has 1 aliphatic carbocycles. The summed E-state index contributed by atoms with van der Waals surface area (Å²) in [5.41, 5.74) is 0. The van der Waals surface area contributed by atoms with Gasteiger partial charge in [-0.2, -0.15) is 0 Å². The van der Waals surface area contributed by atoms with Crippen molar-refractivity contribution in [2.45, 2.75) is 24.1 Å². The van der Waals surface area contributed by atoms with Crippen molar-refractivity contribution >= 4 is 28.9 Å². The Balaban J connectivity index is 2.06. The van der Waals surface area contributed by atoms with E-state index in [0.29, 0.717) is 6.42 Å². The van der Waals surface area contributed by atoms with E-state index in [2.05, 4.69) is 10.2 Å². The average molecular weight is 212 g/mol. The SMILES string of the molecule is Cc1nnc(SC2=CC(=O)CC2)s1. The quantitative estimate of drug-likeness (QED) is 0.753. The second kappa shape index (κ2) is 3.59. The monoisotopic (exact) mass is 212 g/mol. The maximum absolute atomic E-state index is 10.9. The summed E-state index contributed by atoms with van der Waals surface area (Å²) in [4.78, 5) is 12.0. The Morgan fingerprint density at radius 1 is 1.46 bits per heavy atom. The highest BCUT2D eigenvalue weighted by atomic mass is 32.2. The number of aryl methyl sites for hydroxylation is 1. The number of nitrogens with zero attached hydrogens (tertiary/aromatic N) is 2. The van der Waals surface area contributed by atoms with Gasteiger partial charge in [-0.15, -0.1) is 10.2 Å². The van der Waals surface area contributed by atoms with Crippen LogP contribution in [0.3, 0.4) is 0 Å². The summed E-state index contributed by atoms with van der Waals surface area (Å²) in [6.07, 6.45) is 3.23. The molecule has 0 fully saturated rings. The summed E-state index contributed by atoms with van der Waals surface area (Å²) in [7, 11) is 0. The van der Waals surface area contributed by atoms with Crippen LogP contribution in [0.5, 0.6) is 0 Å². The molecule has 1 heterocycles. The van der Waals surface area contributed by atoms with Crippen molar-refractivity contribution in [2.24, 2.45) is 0 Å². The van der Waals surface area contributed by atoms with Gasteiger partial charge in [0, 0.05) is 6.42 Å². The van der Waals surface area contributed by atoms with Gasteiger partial charge in [0.2, 0.25) is 0 Å². The number of rotatable bonds is 2. The molecule has 1 aromatic rings. The Labute approximate surface area is 84.3 Å². The summed E-state index contributed by atoms with van der Waals surface area (Å²) in [5, 5.41) is 8.86. The summed E-state index contributed by atoms with van der Waals surface area (Å²) in [6.45, 7) is 1.93. The zero-order chi connectivity index (χ0) is 9.26. The van der Waals surface area contributed by atoms with Crippen LogP contribution in [0.25, 0.3) is 0 Å². The minimum absolute atomic E-state index is 0.226. The van der Waals surface area contributed by atoms with Crippen LogP contribution in [0.1, 0.15) is 17.8 Å². The fourth-order valence-corrected chi connectivity index (χ4v) is 3.05. The second-order valence-electron chi connectivity index (χ2n) is 2.77. The fraction of sp³-hybridized carbons (Fsp3) is 0.375. The predicted octanol–water partition coefficient (Wildman–Crippen LogP) is 2.19. The molecule has 1 aromatic heterocycles. The molecule has 1 aliphatic rings. The van der Waals surface area contributed by atoms with Crippen molar-refractivity contribution in [3.05, 3.63) is 16.0 Å². The summed E-state index contributed by atoms with van der Waals surface area (Å²) in [5.74, 6) is 0.226. The molecular weight excluding hydrogens is 204 g/mol.